The molecule has 0 spiro atoms. The van der Waals surface area contributed by atoms with Crippen molar-refractivity contribution in [3.05, 3.63) is 30.3 Å². The summed E-state index contributed by atoms with van der Waals surface area (Å²) in [5, 5.41) is 5.10. The van der Waals surface area contributed by atoms with Crippen molar-refractivity contribution in [3.63, 3.8) is 0 Å². The van der Waals surface area contributed by atoms with E-state index in [9.17, 15) is 9.59 Å². The van der Waals surface area contributed by atoms with Crippen molar-refractivity contribution < 1.29 is 14.5 Å². The van der Waals surface area contributed by atoms with Crippen molar-refractivity contribution in [1.29, 1.82) is 0 Å². The van der Waals surface area contributed by atoms with Gasteiger partial charge in [-0.1, -0.05) is 18.2 Å². The summed E-state index contributed by atoms with van der Waals surface area (Å²) in [7, 11) is 0. The third kappa shape index (κ3) is 4.96. The van der Waals surface area contributed by atoms with Crippen molar-refractivity contribution in [3.8, 4) is 0 Å². The van der Waals surface area contributed by atoms with Gasteiger partial charge in [-0.25, -0.2) is 4.79 Å². The molecule has 23 heavy (non-hydrogen) atoms. The fourth-order valence-electron chi connectivity index (χ4n) is 2.83. The number of nitrogens with one attached hydrogen (secondary N) is 3. The molecule has 1 aromatic carbocycles. The molecule has 1 heterocycles. The van der Waals surface area contributed by atoms with Gasteiger partial charge in [0.2, 0.25) is 0 Å². The Kier molecular flexibility index (Phi) is 5.98. The van der Waals surface area contributed by atoms with Gasteiger partial charge in [0.05, 0.1) is 26.2 Å². The Hall–Kier alpha value is -2.08. The smallest absolute Gasteiger partial charge is 0.321 e. The van der Waals surface area contributed by atoms with Crippen molar-refractivity contribution in [2.75, 3.05) is 31.1 Å². The summed E-state index contributed by atoms with van der Waals surface area (Å²) in [4.78, 5) is 27.4. The molecule has 0 aromatic heterocycles. The Bertz CT molecular complexity index is 525. The second-order valence-corrected chi connectivity index (χ2v) is 6.32. The number of urea groups is 1. The third-order valence-electron chi connectivity index (χ3n) is 4.19. The lowest BCUT2D eigenvalue weighted by Gasteiger charge is -2.35. The molecule has 6 nitrogen and oxygen atoms in total. The van der Waals surface area contributed by atoms with E-state index in [1.54, 1.807) is 0 Å². The Morgan fingerprint density at radius 3 is 2.26 bits per heavy atom. The molecule has 3 amide bonds. The number of para-hydroxylation sites is 1. The molecule has 3 N–H and O–H groups in total. The van der Waals surface area contributed by atoms with E-state index in [1.165, 1.54) is 10.6 Å². The average molecular weight is 319 g/mol. The number of piperazine rings is 1. The SMILES string of the molecule is CC(C)NC(=O)NC(=O)[C@@H](C)[NH+]1CCN(c2ccccc2)CC1. The minimum absolute atomic E-state index is 0.0138. The summed E-state index contributed by atoms with van der Waals surface area (Å²) < 4.78 is 0. The first-order chi connectivity index (χ1) is 11.0. The average Bonchev–Trinajstić information content (AvgIpc) is 2.54. The number of hydrogen-bond acceptors (Lipinski definition) is 3. The molecule has 0 unspecified atom stereocenters. The molecule has 0 aliphatic carbocycles. The predicted octanol–water partition coefficient (Wildman–Crippen LogP) is 0.0142. The van der Waals surface area contributed by atoms with E-state index in [-0.39, 0.29) is 18.0 Å². The molecule has 1 aromatic rings. The highest BCUT2D eigenvalue weighted by molar-refractivity contribution is 5.96. The molecular weight excluding hydrogens is 292 g/mol. The quantitative estimate of drug-likeness (QED) is 0.733. The highest BCUT2D eigenvalue weighted by atomic mass is 16.2. The van der Waals surface area contributed by atoms with E-state index in [4.69, 9.17) is 0 Å². The molecule has 1 fully saturated rings. The topological polar surface area (TPSA) is 65.9 Å². The normalized spacial score (nSPS) is 17.0. The summed E-state index contributed by atoms with van der Waals surface area (Å²) in [6.45, 7) is 9.20. The monoisotopic (exact) mass is 319 g/mol. The number of nitrogens with zero attached hydrogens (tertiary/aromatic N) is 1. The lowest BCUT2D eigenvalue weighted by molar-refractivity contribution is -0.914. The Morgan fingerprint density at radius 2 is 1.70 bits per heavy atom. The molecule has 0 radical (unpaired) electrons. The number of carbonyl (C=O) groups is 2. The first kappa shape index (κ1) is 17.3. The summed E-state index contributed by atoms with van der Waals surface area (Å²) in [5.41, 5.74) is 1.22. The standard InChI is InChI=1S/C17H26N4O2/c1-13(2)18-17(23)19-16(22)14(3)20-9-11-21(12-10-20)15-7-5-4-6-8-15/h4-8,13-14H,9-12H2,1-3H3,(H2,18,19,22,23)/p+1/t14-/m1/s1. The van der Waals surface area contributed by atoms with Crippen molar-refractivity contribution in [1.82, 2.24) is 10.6 Å². The van der Waals surface area contributed by atoms with Crippen LogP contribution in [0.25, 0.3) is 0 Å². The molecule has 1 saturated heterocycles. The van der Waals surface area contributed by atoms with Gasteiger partial charge in [0.15, 0.2) is 6.04 Å². The fourth-order valence-corrected chi connectivity index (χ4v) is 2.83. The first-order valence-corrected chi connectivity index (χ1v) is 8.23. The van der Waals surface area contributed by atoms with Crippen LogP contribution in [-0.2, 0) is 4.79 Å². The highest BCUT2D eigenvalue weighted by Gasteiger charge is 2.30. The largest absolute Gasteiger partial charge is 0.360 e. The van der Waals surface area contributed by atoms with E-state index < -0.39 is 6.03 Å². The van der Waals surface area contributed by atoms with E-state index in [1.807, 2.05) is 39.0 Å². The van der Waals surface area contributed by atoms with Gasteiger partial charge in [-0.3, -0.25) is 10.1 Å². The number of anilines is 1. The van der Waals surface area contributed by atoms with E-state index in [0.717, 1.165) is 26.2 Å². The van der Waals surface area contributed by atoms with Gasteiger partial charge in [0.1, 0.15) is 0 Å². The number of carbonyl (C=O) groups excluding carboxylic acids is 2. The van der Waals surface area contributed by atoms with Gasteiger partial charge in [-0.05, 0) is 32.9 Å². The van der Waals surface area contributed by atoms with Gasteiger partial charge in [-0.15, -0.1) is 0 Å². The van der Waals surface area contributed by atoms with Crippen LogP contribution in [0.3, 0.4) is 0 Å². The predicted molar refractivity (Wildman–Crippen MR) is 90.6 cm³/mol. The number of imide groups is 1. The zero-order chi connectivity index (χ0) is 16.8. The Morgan fingerprint density at radius 1 is 1.09 bits per heavy atom. The number of hydrogen-bond donors (Lipinski definition) is 3. The molecule has 2 rings (SSSR count). The van der Waals surface area contributed by atoms with E-state index in [2.05, 4.69) is 27.7 Å². The third-order valence-corrected chi connectivity index (χ3v) is 4.19. The maximum absolute atomic E-state index is 12.2. The van der Waals surface area contributed by atoms with Crippen LogP contribution in [0.5, 0.6) is 0 Å². The van der Waals surface area contributed by atoms with Crippen molar-refractivity contribution >= 4 is 17.6 Å². The summed E-state index contributed by atoms with van der Waals surface area (Å²) in [6.07, 6.45) is 0. The molecule has 6 heteroatoms. The van der Waals surface area contributed by atoms with E-state index in [0.29, 0.717) is 0 Å². The second kappa shape index (κ2) is 7.97. The fraction of sp³-hybridized carbons (Fsp3) is 0.529. The van der Waals surface area contributed by atoms with Crippen LogP contribution >= 0.6 is 0 Å². The maximum atomic E-state index is 12.2. The number of quaternary nitrogens is 1. The molecule has 1 atom stereocenters. The lowest BCUT2D eigenvalue weighted by Crippen LogP contribution is -3.19. The number of rotatable bonds is 4. The zero-order valence-electron chi connectivity index (χ0n) is 14.1. The van der Waals surface area contributed by atoms with Gasteiger partial charge >= 0.3 is 6.03 Å². The maximum Gasteiger partial charge on any atom is 0.321 e. The molecule has 0 bridgehead atoms. The molecule has 0 saturated carbocycles. The first-order valence-electron chi connectivity index (χ1n) is 8.23. The van der Waals surface area contributed by atoms with E-state index >= 15 is 0 Å². The lowest BCUT2D eigenvalue weighted by atomic mass is 10.2. The van der Waals surface area contributed by atoms with Crippen LogP contribution < -0.4 is 20.4 Å². The summed E-state index contributed by atoms with van der Waals surface area (Å²) in [6, 6.07) is 9.68. The van der Waals surface area contributed by atoms with Crippen LogP contribution in [0.4, 0.5) is 10.5 Å². The van der Waals surface area contributed by atoms with Crippen LogP contribution in [0.15, 0.2) is 30.3 Å². The van der Waals surface area contributed by atoms with Crippen LogP contribution in [0.1, 0.15) is 20.8 Å². The second-order valence-electron chi connectivity index (χ2n) is 6.32. The van der Waals surface area contributed by atoms with Crippen LogP contribution in [0.2, 0.25) is 0 Å². The molecule has 126 valence electrons. The minimum atomic E-state index is -0.417. The molecule has 1 aliphatic heterocycles. The van der Waals surface area contributed by atoms with Crippen LogP contribution in [-0.4, -0.2) is 50.2 Å². The van der Waals surface area contributed by atoms with Gasteiger partial charge < -0.3 is 15.1 Å². The number of benzene rings is 1. The minimum Gasteiger partial charge on any atom is -0.360 e. The Labute approximate surface area is 137 Å². The summed E-state index contributed by atoms with van der Waals surface area (Å²) >= 11 is 0. The van der Waals surface area contributed by atoms with Crippen LogP contribution in [0, 0.1) is 0 Å². The van der Waals surface area contributed by atoms with Gasteiger partial charge in [0.25, 0.3) is 5.91 Å². The summed E-state index contributed by atoms with van der Waals surface area (Å²) in [5.74, 6) is -0.216. The highest BCUT2D eigenvalue weighted by Crippen LogP contribution is 2.12. The number of amides is 3. The van der Waals surface area contributed by atoms with Gasteiger partial charge in [0, 0.05) is 11.7 Å². The Balaban J connectivity index is 1.82. The zero-order valence-corrected chi connectivity index (χ0v) is 14.1. The van der Waals surface area contributed by atoms with Crippen molar-refractivity contribution in [2.45, 2.75) is 32.9 Å². The molecule has 1 aliphatic rings. The van der Waals surface area contributed by atoms with Gasteiger partial charge in [-0.2, -0.15) is 0 Å². The van der Waals surface area contributed by atoms with Crippen molar-refractivity contribution in [2.24, 2.45) is 0 Å². The molecular formula is C17H27N4O2+.